The molecule has 0 saturated heterocycles. The van der Waals surface area contributed by atoms with E-state index < -0.39 is 0 Å². The van der Waals surface area contributed by atoms with Gasteiger partial charge in [0.15, 0.2) is 0 Å². The fraction of sp³-hybridized carbons (Fsp3) is 0.190. The molecule has 0 atom stereocenters. The average Bonchev–Trinajstić information content (AvgIpc) is 2.70. The SMILES string of the molecule is CCN(CC)c1cc(-c2ccccc2)nc(Nc2ccccc2C#N)n1. The van der Waals surface area contributed by atoms with Crippen molar-refractivity contribution in [1.29, 1.82) is 5.26 Å². The largest absolute Gasteiger partial charge is 0.357 e. The Morgan fingerprint density at radius 3 is 2.35 bits per heavy atom. The van der Waals surface area contributed by atoms with Crippen LogP contribution < -0.4 is 10.2 Å². The number of hydrogen-bond donors (Lipinski definition) is 1. The normalized spacial score (nSPS) is 10.2. The summed E-state index contributed by atoms with van der Waals surface area (Å²) in [5, 5.41) is 12.5. The van der Waals surface area contributed by atoms with Crippen LogP contribution in [0, 0.1) is 11.3 Å². The van der Waals surface area contributed by atoms with Gasteiger partial charge in [0.2, 0.25) is 5.95 Å². The van der Waals surface area contributed by atoms with Gasteiger partial charge in [-0.2, -0.15) is 10.2 Å². The number of nitrogens with one attached hydrogen (secondary N) is 1. The van der Waals surface area contributed by atoms with Crippen molar-refractivity contribution >= 4 is 17.5 Å². The van der Waals surface area contributed by atoms with E-state index in [2.05, 4.69) is 40.1 Å². The minimum absolute atomic E-state index is 0.482. The second kappa shape index (κ2) is 8.13. The molecule has 5 heteroatoms. The number of anilines is 3. The highest BCUT2D eigenvalue weighted by Crippen LogP contribution is 2.25. The lowest BCUT2D eigenvalue weighted by Gasteiger charge is -2.21. The zero-order valence-corrected chi connectivity index (χ0v) is 15.0. The first-order chi connectivity index (χ1) is 12.7. The molecule has 26 heavy (non-hydrogen) atoms. The second-order valence-corrected chi connectivity index (χ2v) is 5.76. The van der Waals surface area contributed by atoms with Gasteiger partial charge in [-0.15, -0.1) is 0 Å². The van der Waals surface area contributed by atoms with E-state index in [1.807, 2.05) is 54.6 Å². The van der Waals surface area contributed by atoms with Crippen molar-refractivity contribution < 1.29 is 0 Å². The number of rotatable bonds is 6. The molecule has 0 amide bonds. The van der Waals surface area contributed by atoms with Crippen LogP contribution in [0.4, 0.5) is 17.5 Å². The van der Waals surface area contributed by atoms with Gasteiger partial charge in [0.1, 0.15) is 11.9 Å². The van der Waals surface area contributed by atoms with E-state index in [1.54, 1.807) is 6.07 Å². The monoisotopic (exact) mass is 343 g/mol. The molecule has 1 aromatic heterocycles. The Kier molecular flexibility index (Phi) is 5.45. The van der Waals surface area contributed by atoms with Crippen molar-refractivity contribution in [3.05, 3.63) is 66.2 Å². The van der Waals surface area contributed by atoms with E-state index >= 15 is 0 Å². The molecule has 5 nitrogen and oxygen atoms in total. The molecule has 0 spiro atoms. The van der Waals surface area contributed by atoms with Crippen molar-refractivity contribution in [2.45, 2.75) is 13.8 Å². The maximum Gasteiger partial charge on any atom is 0.229 e. The summed E-state index contributed by atoms with van der Waals surface area (Å²) in [4.78, 5) is 11.5. The van der Waals surface area contributed by atoms with Crippen molar-refractivity contribution in [2.24, 2.45) is 0 Å². The van der Waals surface area contributed by atoms with Crippen molar-refractivity contribution in [3.63, 3.8) is 0 Å². The molecule has 0 bridgehead atoms. The van der Waals surface area contributed by atoms with Crippen molar-refractivity contribution in [1.82, 2.24) is 9.97 Å². The highest BCUT2D eigenvalue weighted by Gasteiger charge is 2.12. The number of nitrogens with zero attached hydrogens (tertiary/aromatic N) is 4. The fourth-order valence-corrected chi connectivity index (χ4v) is 2.77. The Balaban J connectivity index is 2.06. The van der Waals surface area contributed by atoms with Crippen LogP contribution in [0.5, 0.6) is 0 Å². The summed E-state index contributed by atoms with van der Waals surface area (Å²) in [6, 6.07) is 21.6. The predicted octanol–water partition coefficient (Wildman–Crippen LogP) is 4.61. The smallest absolute Gasteiger partial charge is 0.229 e. The number of nitriles is 1. The maximum absolute atomic E-state index is 9.31. The van der Waals surface area contributed by atoms with Crippen molar-refractivity contribution in [2.75, 3.05) is 23.3 Å². The standard InChI is InChI=1S/C21H21N5/c1-3-26(4-2)20-14-19(16-10-6-5-7-11-16)24-21(25-20)23-18-13-9-8-12-17(18)15-22/h5-14H,3-4H2,1-2H3,(H,23,24,25). The zero-order chi connectivity index (χ0) is 18.4. The van der Waals surface area contributed by atoms with E-state index in [9.17, 15) is 5.26 Å². The molecule has 0 saturated carbocycles. The van der Waals surface area contributed by atoms with Gasteiger partial charge < -0.3 is 10.2 Å². The molecule has 0 unspecified atom stereocenters. The van der Waals surface area contributed by atoms with Crippen molar-refractivity contribution in [3.8, 4) is 17.3 Å². The molecular weight excluding hydrogens is 322 g/mol. The van der Waals surface area contributed by atoms with Gasteiger partial charge in [-0.1, -0.05) is 42.5 Å². The van der Waals surface area contributed by atoms with E-state index in [4.69, 9.17) is 0 Å². The lowest BCUT2D eigenvalue weighted by atomic mass is 10.1. The first-order valence-electron chi connectivity index (χ1n) is 8.70. The van der Waals surface area contributed by atoms with Gasteiger partial charge >= 0.3 is 0 Å². The molecule has 130 valence electrons. The molecule has 3 aromatic rings. The van der Waals surface area contributed by atoms with Crippen LogP contribution in [0.2, 0.25) is 0 Å². The third kappa shape index (κ3) is 3.81. The van der Waals surface area contributed by atoms with Gasteiger partial charge in [-0.05, 0) is 26.0 Å². The Bertz CT molecular complexity index is 911. The average molecular weight is 343 g/mol. The quantitative estimate of drug-likeness (QED) is 0.708. The Hall–Kier alpha value is -3.39. The fourth-order valence-electron chi connectivity index (χ4n) is 2.77. The molecule has 0 aliphatic heterocycles. The van der Waals surface area contributed by atoms with Gasteiger partial charge in [-0.3, -0.25) is 0 Å². The summed E-state index contributed by atoms with van der Waals surface area (Å²) >= 11 is 0. The highest BCUT2D eigenvalue weighted by atomic mass is 15.2. The first-order valence-corrected chi connectivity index (χ1v) is 8.70. The minimum atomic E-state index is 0.482. The van der Waals surface area contributed by atoms with E-state index in [0.29, 0.717) is 17.2 Å². The van der Waals surface area contributed by atoms with Crippen LogP contribution in [0.1, 0.15) is 19.4 Å². The Labute approximate surface area is 154 Å². The Morgan fingerprint density at radius 2 is 1.65 bits per heavy atom. The lowest BCUT2D eigenvalue weighted by Crippen LogP contribution is -2.23. The topological polar surface area (TPSA) is 64.8 Å². The summed E-state index contributed by atoms with van der Waals surface area (Å²) in [6.07, 6.45) is 0. The minimum Gasteiger partial charge on any atom is -0.357 e. The first kappa shape index (κ1) is 17.4. The van der Waals surface area contributed by atoms with Crippen LogP contribution in [0.15, 0.2) is 60.7 Å². The van der Waals surface area contributed by atoms with E-state index in [0.717, 1.165) is 30.2 Å². The lowest BCUT2D eigenvalue weighted by molar-refractivity contribution is 0.843. The third-order valence-corrected chi connectivity index (χ3v) is 4.16. The number of hydrogen-bond acceptors (Lipinski definition) is 5. The summed E-state index contributed by atoms with van der Waals surface area (Å²) in [6.45, 7) is 5.92. The van der Waals surface area contributed by atoms with Crippen LogP contribution >= 0.6 is 0 Å². The number of aromatic nitrogens is 2. The summed E-state index contributed by atoms with van der Waals surface area (Å²) in [5.74, 6) is 1.34. The van der Waals surface area contributed by atoms with Crippen LogP contribution in [-0.2, 0) is 0 Å². The second-order valence-electron chi connectivity index (χ2n) is 5.76. The van der Waals surface area contributed by atoms with Gasteiger partial charge in [0, 0.05) is 24.7 Å². The van der Waals surface area contributed by atoms with Crippen LogP contribution in [0.3, 0.4) is 0 Å². The Morgan fingerprint density at radius 1 is 0.962 bits per heavy atom. The zero-order valence-electron chi connectivity index (χ0n) is 15.0. The molecule has 0 radical (unpaired) electrons. The maximum atomic E-state index is 9.31. The van der Waals surface area contributed by atoms with E-state index in [-0.39, 0.29) is 0 Å². The summed E-state index contributed by atoms with van der Waals surface area (Å²) in [7, 11) is 0. The predicted molar refractivity (Wildman–Crippen MR) is 105 cm³/mol. The molecule has 2 aromatic carbocycles. The van der Waals surface area contributed by atoms with Gasteiger partial charge in [-0.25, -0.2) is 4.98 Å². The van der Waals surface area contributed by atoms with Gasteiger partial charge in [0.25, 0.3) is 0 Å². The molecule has 0 aliphatic carbocycles. The third-order valence-electron chi connectivity index (χ3n) is 4.16. The highest BCUT2D eigenvalue weighted by molar-refractivity contribution is 5.68. The van der Waals surface area contributed by atoms with Crippen LogP contribution in [0.25, 0.3) is 11.3 Å². The summed E-state index contributed by atoms with van der Waals surface area (Å²) in [5.41, 5.74) is 3.13. The molecule has 3 rings (SSSR count). The van der Waals surface area contributed by atoms with E-state index in [1.165, 1.54) is 0 Å². The molecule has 1 N–H and O–H groups in total. The number of para-hydroxylation sites is 1. The van der Waals surface area contributed by atoms with Gasteiger partial charge in [0.05, 0.1) is 16.9 Å². The molecule has 0 fully saturated rings. The molecule has 0 aliphatic rings. The molecular formula is C21H21N5. The van der Waals surface area contributed by atoms with Crippen LogP contribution in [-0.4, -0.2) is 23.1 Å². The summed E-state index contributed by atoms with van der Waals surface area (Å²) < 4.78 is 0. The number of benzene rings is 2. The molecule has 1 heterocycles.